The highest BCUT2D eigenvalue weighted by atomic mass is 32.1. The first kappa shape index (κ1) is 15.3. The lowest BCUT2D eigenvalue weighted by Crippen LogP contribution is -2.21. The second-order valence-electron chi connectivity index (χ2n) is 4.29. The molecule has 1 aromatic heterocycles. The van der Waals surface area contributed by atoms with E-state index < -0.39 is 5.97 Å². The zero-order chi connectivity index (χ0) is 15.2. The third-order valence-corrected chi connectivity index (χ3v) is 3.95. The number of carbonyl (C=O) groups excluding carboxylic acids is 1. The highest BCUT2D eigenvalue weighted by Crippen LogP contribution is 2.26. The van der Waals surface area contributed by atoms with Crippen molar-refractivity contribution in [1.29, 1.82) is 0 Å². The predicted molar refractivity (Wildman–Crippen MR) is 78.0 cm³/mol. The smallest absolute Gasteiger partial charge is 0.161 e. The molecule has 1 aromatic carbocycles. The van der Waals surface area contributed by atoms with E-state index in [-0.39, 0.29) is 4.88 Å². The van der Waals surface area contributed by atoms with Crippen LogP contribution in [0.3, 0.4) is 0 Å². The van der Waals surface area contributed by atoms with Crippen LogP contribution in [0.5, 0.6) is 11.5 Å². The van der Waals surface area contributed by atoms with Crippen LogP contribution in [-0.2, 0) is 6.42 Å². The molecule has 0 saturated heterocycles. The minimum absolute atomic E-state index is 0.180. The molecule has 0 saturated carbocycles. The number of ether oxygens (including phenoxy) is 2. The van der Waals surface area contributed by atoms with Crippen molar-refractivity contribution in [3.63, 3.8) is 0 Å². The maximum Gasteiger partial charge on any atom is 0.161 e. The number of aryl methyl sites for hydroxylation is 1. The molecular weight excluding hydrogens is 290 g/mol. The molecule has 0 radical (unpaired) electrons. The summed E-state index contributed by atoms with van der Waals surface area (Å²) in [5.74, 6) is 0.192. The van der Waals surface area contributed by atoms with E-state index >= 15 is 0 Å². The summed E-state index contributed by atoms with van der Waals surface area (Å²) in [4.78, 5) is 15.2. The average Bonchev–Trinajstić information content (AvgIpc) is 2.82. The molecule has 0 spiro atoms. The fraction of sp³-hybridized carbons (Fsp3) is 0.333. The normalized spacial score (nSPS) is 10.4. The van der Waals surface area contributed by atoms with E-state index in [0.29, 0.717) is 36.8 Å². The van der Waals surface area contributed by atoms with Gasteiger partial charge in [0, 0.05) is 6.42 Å². The molecule has 0 aliphatic carbocycles. The number of benzene rings is 1. The first-order valence-corrected chi connectivity index (χ1v) is 7.45. The SMILES string of the molecule is CCOc1ccccc1OCCc1nc(C)c(C(=O)[O-])s1. The number of carboxylic acid groups (broad SMARTS) is 1. The Labute approximate surface area is 127 Å². The Kier molecular flexibility index (Phi) is 5.16. The molecule has 112 valence electrons. The van der Waals surface area contributed by atoms with Crippen LogP contribution in [0.4, 0.5) is 0 Å². The molecule has 0 aliphatic heterocycles. The van der Waals surface area contributed by atoms with Crippen LogP contribution in [0.25, 0.3) is 0 Å². The summed E-state index contributed by atoms with van der Waals surface area (Å²) >= 11 is 1.13. The highest BCUT2D eigenvalue weighted by molar-refractivity contribution is 7.13. The van der Waals surface area contributed by atoms with Crippen molar-refractivity contribution >= 4 is 17.3 Å². The Morgan fingerprint density at radius 1 is 1.29 bits per heavy atom. The zero-order valence-electron chi connectivity index (χ0n) is 11.9. The summed E-state index contributed by atoms with van der Waals surface area (Å²) in [6, 6.07) is 7.44. The van der Waals surface area contributed by atoms with E-state index in [1.165, 1.54) is 0 Å². The van der Waals surface area contributed by atoms with Gasteiger partial charge in [0.2, 0.25) is 0 Å². The van der Waals surface area contributed by atoms with Crippen molar-refractivity contribution in [2.75, 3.05) is 13.2 Å². The summed E-state index contributed by atoms with van der Waals surface area (Å²) in [7, 11) is 0. The Balaban J connectivity index is 1.95. The number of para-hydroxylation sites is 2. The highest BCUT2D eigenvalue weighted by Gasteiger charge is 2.09. The molecule has 1 heterocycles. The van der Waals surface area contributed by atoms with Crippen molar-refractivity contribution in [2.24, 2.45) is 0 Å². The van der Waals surface area contributed by atoms with Crippen LogP contribution < -0.4 is 14.6 Å². The van der Waals surface area contributed by atoms with Gasteiger partial charge in [0.05, 0.1) is 34.8 Å². The second-order valence-corrected chi connectivity index (χ2v) is 5.37. The third kappa shape index (κ3) is 3.95. The van der Waals surface area contributed by atoms with Crippen LogP contribution >= 0.6 is 11.3 Å². The zero-order valence-corrected chi connectivity index (χ0v) is 12.7. The first-order valence-electron chi connectivity index (χ1n) is 6.64. The number of hydrogen-bond donors (Lipinski definition) is 0. The van der Waals surface area contributed by atoms with E-state index in [1.54, 1.807) is 6.92 Å². The van der Waals surface area contributed by atoms with Gasteiger partial charge in [-0.05, 0) is 26.0 Å². The molecule has 2 rings (SSSR count). The molecule has 0 amide bonds. The van der Waals surface area contributed by atoms with Crippen molar-refractivity contribution in [2.45, 2.75) is 20.3 Å². The van der Waals surface area contributed by atoms with Gasteiger partial charge in [0.25, 0.3) is 0 Å². The van der Waals surface area contributed by atoms with Crippen LogP contribution in [-0.4, -0.2) is 24.2 Å². The van der Waals surface area contributed by atoms with Gasteiger partial charge in [0.1, 0.15) is 0 Å². The van der Waals surface area contributed by atoms with Gasteiger partial charge in [-0.1, -0.05) is 12.1 Å². The molecule has 0 atom stereocenters. The van der Waals surface area contributed by atoms with Crippen LogP contribution in [0.15, 0.2) is 24.3 Å². The summed E-state index contributed by atoms with van der Waals surface area (Å²) in [6.45, 7) is 4.55. The summed E-state index contributed by atoms with van der Waals surface area (Å²) < 4.78 is 11.2. The monoisotopic (exact) mass is 306 g/mol. The quantitative estimate of drug-likeness (QED) is 0.780. The van der Waals surface area contributed by atoms with Crippen molar-refractivity contribution in [3.05, 3.63) is 39.8 Å². The number of rotatable bonds is 7. The van der Waals surface area contributed by atoms with Crippen LogP contribution in [0.2, 0.25) is 0 Å². The van der Waals surface area contributed by atoms with Gasteiger partial charge in [-0.25, -0.2) is 4.98 Å². The lowest BCUT2D eigenvalue weighted by atomic mass is 10.3. The van der Waals surface area contributed by atoms with Gasteiger partial charge in [0.15, 0.2) is 11.5 Å². The topological polar surface area (TPSA) is 71.5 Å². The Morgan fingerprint density at radius 3 is 2.52 bits per heavy atom. The van der Waals surface area contributed by atoms with Crippen LogP contribution in [0, 0.1) is 6.92 Å². The van der Waals surface area contributed by atoms with Gasteiger partial charge in [-0.15, -0.1) is 11.3 Å². The Morgan fingerprint density at radius 2 is 1.95 bits per heavy atom. The fourth-order valence-electron chi connectivity index (χ4n) is 1.84. The minimum atomic E-state index is -1.18. The second kappa shape index (κ2) is 7.08. The first-order chi connectivity index (χ1) is 10.1. The molecular formula is C15H16NO4S-. The molecule has 0 N–H and O–H groups in total. The van der Waals surface area contributed by atoms with E-state index in [9.17, 15) is 9.90 Å². The molecule has 21 heavy (non-hydrogen) atoms. The van der Waals surface area contributed by atoms with E-state index in [0.717, 1.165) is 16.3 Å². The van der Waals surface area contributed by atoms with Gasteiger partial charge < -0.3 is 19.4 Å². The number of carboxylic acids is 1. The lowest BCUT2D eigenvalue weighted by molar-refractivity contribution is -0.254. The fourth-order valence-corrected chi connectivity index (χ4v) is 2.72. The summed E-state index contributed by atoms with van der Waals surface area (Å²) in [5, 5.41) is 11.6. The molecule has 5 nitrogen and oxygen atoms in total. The number of thiazole rings is 1. The van der Waals surface area contributed by atoms with E-state index in [2.05, 4.69) is 4.98 Å². The lowest BCUT2D eigenvalue weighted by Gasteiger charge is -2.10. The van der Waals surface area contributed by atoms with Gasteiger partial charge in [-0.3, -0.25) is 0 Å². The Bertz CT molecular complexity index is 624. The number of nitrogens with zero attached hydrogens (tertiary/aromatic N) is 1. The Hall–Kier alpha value is -2.08. The molecule has 0 aliphatic rings. The number of aromatic nitrogens is 1. The number of aromatic carboxylic acids is 1. The summed E-state index contributed by atoms with van der Waals surface area (Å²) in [6.07, 6.45) is 0.541. The van der Waals surface area contributed by atoms with Crippen molar-refractivity contribution in [1.82, 2.24) is 4.98 Å². The standard InChI is InChI=1S/C15H17NO4S/c1-3-19-11-6-4-5-7-12(11)20-9-8-13-16-10(2)14(21-13)15(17)18/h4-7H,3,8-9H2,1-2H3,(H,17,18)/p-1. The minimum Gasteiger partial charge on any atom is -0.544 e. The molecule has 6 heteroatoms. The molecule has 0 fully saturated rings. The van der Waals surface area contributed by atoms with Crippen molar-refractivity contribution < 1.29 is 19.4 Å². The predicted octanol–water partition coefficient (Wildman–Crippen LogP) is 1.84. The molecule has 0 bridgehead atoms. The maximum atomic E-state index is 10.9. The number of hydrogen-bond acceptors (Lipinski definition) is 6. The average molecular weight is 306 g/mol. The number of carbonyl (C=O) groups is 1. The third-order valence-electron chi connectivity index (χ3n) is 2.75. The largest absolute Gasteiger partial charge is 0.544 e. The summed E-state index contributed by atoms with van der Waals surface area (Å²) in [5.41, 5.74) is 0.490. The van der Waals surface area contributed by atoms with Gasteiger partial charge >= 0.3 is 0 Å². The molecule has 2 aromatic rings. The van der Waals surface area contributed by atoms with Crippen LogP contribution in [0.1, 0.15) is 27.3 Å². The van der Waals surface area contributed by atoms with E-state index in [4.69, 9.17) is 9.47 Å². The molecule has 0 unspecified atom stereocenters. The van der Waals surface area contributed by atoms with Gasteiger partial charge in [-0.2, -0.15) is 0 Å². The maximum absolute atomic E-state index is 10.9. The van der Waals surface area contributed by atoms with Crippen molar-refractivity contribution in [3.8, 4) is 11.5 Å². The van der Waals surface area contributed by atoms with E-state index in [1.807, 2.05) is 31.2 Å².